The van der Waals surface area contributed by atoms with Crippen LogP contribution in [0.4, 0.5) is 25.0 Å². The lowest BCUT2D eigenvalue weighted by Crippen LogP contribution is -2.47. The number of benzene rings is 1. The van der Waals surface area contributed by atoms with Crippen LogP contribution in [0.2, 0.25) is 0 Å². The molecule has 34 heavy (non-hydrogen) atoms. The van der Waals surface area contributed by atoms with Crippen LogP contribution in [-0.2, 0) is 16.1 Å². The summed E-state index contributed by atoms with van der Waals surface area (Å²) in [6.07, 6.45) is 1.89. The van der Waals surface area contributed by atoms with Gasteiger partial charge in [0.05, 0.1) is 31.5 Å². The van der Waals surface area contributed by atoms with Crippen LogP contribution in [0, 0.1) is 11.6 Å². The summed E-state index contributed by atoms with van der Waals surface area (Å²) in [7, 11) is 1.80. The van der Waals surface area contributed by atoms with Crippen LogP contribution in [0.15, 0.2) is 29.1 Å². The van der Waals surface area contributed by atoms with Crippen LogP contribution in [0.5, 0.6) is 0 Å². The van der Waals surface area contributed by atoms with E-state index in [0.29, 0.717) is 13.1 Å². The Bertz CT molecular complexity index is 1000. The molecule has 0 radical (unpaired) electrons. The Balaban J connectivity index is 1.39. The van der Waals surface area contributed by atoms with E-state index in [9.17, 15) is 18.4 Å². The number of hydrogen-bond acceptors (Lipinski definition) is 9. The number of nitrogens with one attached hydrogen (secondary N) is 1. The zero-order valence-corrected chi connectivity index (χ0v) is 18.7. The number of anilines is 2. The molecule has 1 aromatic carbocycles. The SMILES string of the molecule is CN(CC(=O)N1CCN(c2c(F)cc(N3C[C@H](CN)OC3=O)cc2F)CCN1)Cc1cnoc1. The quantitative estimate of drug-likeness (QED) is 0.586. The van der Waals surface area contributed by atoms with Crippen molar-refractivity contribution in [3.05, 3.63) is 41.8 Å². The highest BCUT2D eigenvalue weighted by atomic mass is 19.1. The van der Waals surface area contributed by atoms with Gasteiger partial charge in [-0.25, -0.2) is 19.0 Å². The monoisotopic (exact) mass is 479 g/mol. The number of aromatic nitrogens is 1. The Morgan fingerprint density at radius 3 is 2.71 bits per heavy atom. The fourth-order valence-corrected chi connectivity index (χ4v) is 4.02. The molecule has 2 aliphatic rings. The minimum absolute atomic E-state index is 0.0697. The summed E-state index contributed by atoms with van der Waals surface area (Å²) >= 11 is 0. The standard InChI is InChI=1S/C21H27F2N7O4/c1-27(10-14-9-26-33-13-14)12-19(31)30-5-4-28(3-2-25-30)20-17(22)6-15(7-18(20)23)29-11-16(8-24)34-21(29)32/h6-7,9,13,16,25H,2-5,8,10-12,24H2,1H3/t16-/m0/s1. The second-order valence-corrected chi connectivity index (χ2v) is 8.26. The molecule has 1 aromatic heterocycles. The van der Waals surface area contributed by atoms with Gasteiger partial charge in [-0.2, -0.15) is 0 Å². The molecule has 1 atom stereocenters. The first-order chi connectivity index (χ1) is 16.4. The van der Waals surface area contributed by atoms with Crippen LogP contribution in [0.3, 0.4) is 0 Å². The van der Waals surface area contributed by atoms with Gasteiger partial charge >= 0.3 is 6.09 Å². The number of halogens is 2. The number of rotatable bonds is 7. The molecule has 13 heteroatoms. The zero-order chi connectivity index (χ0) is 24.2. The summed E-state index contributed by atoms with van der Waals surface area (Å²) in [6, 6.07) is 2.22. The third kappa shape index (κ3) is 5.26. The molecular formula is C21H27F2N7O4. The van der Waals surface area contributed by atoms with E-state index in [-0.39, 0.29) is 56.6 Å². The number of nitrogens with two attached hydrogens (primary N) is 1. The number of amides is 2. The number of likely N-dealkylation sites (N-methyl/N-ethyl adjacent to an activating group) is 1. The fourth-order valence-electron chi connectivity index (χ4n) is 4.02. The van der Waals surface area contributed by atoms with Crippen molar-refractivity contribution in [3.63, 3.8) is 0 Å². The van der Waals surface area contributed by atoms with Crippen LogP contribution >= 0.6 is 0 Å². The van der Waals surface area contributed by atoms with Crippen molar-refractivity contribution in [3.8, 4) is 0 Å². The molecule has 0 saturated carbocycles. The minimum atomic E-state index is -0.799. The van der Waals surface area contributed by atoms with Gasteiger partial charge < -0.3 is 19.9 Å². The molecule has 0 bridgehead atoms. The molecule has 11 nitrogen and oxygen atoms in total. The van der Waals surface area contributed by atoms with E-state index in [0.717, 1.165) is 22.6 Å². The first-order valence-electron chi connectivity index (χ1n) is 10.9. The molecule has 4 rings (SSSR count). The van der Waals surface area contributed by atoms with Crippen molar-refractivity contribution >= 4 is 23.4 Å². The van der Waals surface area contributed by atoms with Gasteiger partial charge in [-0.05, 0) is 7.05 Å². The molecule has 3 heterocycles. The van der Waals surface area contributed by atoms with E-state index in [4.69, 9.17) is 15.0 Å². The molecule has 0 aliphatic carbocycles. The van der Waals surface area contributed by atoms with Gasteiger partial charge in [0.15, 0.2) is 11.6 Å². The highest BCUT2D eigenvalue weighted by Crippen LogP contribution is 2.31. The predicted octanol–water partition coefficient (Wildman–Crippen LogP) is 0.522. The van der Waals surface area contributed by atoms with Crippen molar-refractivity contribution in [2.24, 2.45) is 5.73 Å². The first kappa shape index (κ1) is 23.9. The van der Waals surface area contributed by atoms with Crippen LogP contribution in [-0.4, -0.2) is 86.0 Å². The number of cyclic esters (lactones) is 1. The number of hydrazine groups is 1. The van der Waals surface area contributed by atoms with Gasteiger partial charge in [0.2, 0.25) is 0 Å². The molecule has 2 fully saturated rings. The largest absolute Gasteiger partial charge is 0.443 e. The van der Waals surface area contributed by atoms with E-state index in [2.05, 4.69) is 10.6 Å². The third-order valence-electron chi connectivity index (χ3n) is 5.69. The average molecular weight is 479 g/mol. The predicted molar refractivity (Wildman–Crippen MR) is 118 cm³/mol. The summed E-state index contributed by atoms with van der Waals surface area (Å²) in [5, 5.41) is 5.10. The molecule has 2 aromatic rings. The van der Waals surface area contributed by atoms with E-state index in [1.165, 1.54) is 11.3 Å². The summed E-state index contributed by atoms with van der Waals surface area (Å²) in [6.45, 7) is 1.95. The zero-order valence-electron chi connectivity index (χ0n) is 18.7. The lowest BCUT2D eigenvalue weighted by atomic mass is 10.2. The maximum atomic E-state index is 15.0. The topological polar surface area (TPSA) is 120 Å². The van der Waals surface area contributed by atoms with E-state index >= 15 is 0 Å². The third-order valence-corrected chi connectivity index (χ3v) is 5.69. The fraction of sp³-hybridized carbons (Fsp3) is 0.476. The van der Waals surface area contributed by atoms with Crippen molar-refractivity contribution < 1.29 is 27.6 Å². The van der Waals surface area contributed by atoms with E-state index in [1.54, 1.807) is 18.1 Å². The van der Waals surface area contributed by atoms with Gasteiger partial charge in [0, 0.05) is 50.4 Å². The highest BCUT2D eigenvalue weighted by molar-refractivity contribution is 5.90. The van der Waals surface area contributed by atoms with Gasteiger partial charge in [-0.1, -0.05) is 5.16 Å². The van der Waals surface area contributed by atoms with Crippen molar-refractivity contribution in [1.82, 2.24) is 20.5 Å². The Labute approximate surface area is 194 Å². The maximum Gasteiger partial charge on any atom is 0.414 e. The Morgan fingerprint density at radius 2 is 2.06 bits per heavy atom. The number of hydrogen-bond donors (Lipinski definition) is 2. The second-order valence-electron chi connectivity index (χ2n) is 8.26. The highest BCUT2D eigenvalue weighted by Gasteiger charge is 2.33. The minimum Gasteiger partial charge on any atom is -0.443 e. The number of carbonyl (C=O) groups excluding carboxylic acids is 2. The lowest BCUT2D eigenvalue weighted by molar-refractivity contribution is -0.135. The van der Waals surface area contributed by atoms with Gasteiger partial charge in [-0.15, -0.1) is 0 Å². The maximum absolute atomic E-state index is 15.0. The number of nitrogens with zero attached hydrogens (tertiary/aromatic N) is 5. The molecule has 0 spiro atoms. The molecular weight excluding hydrogens is 452 g/mol. The van der Waals surface area contributed by atoms with Crippen molar-refractivity contribution in [1.29, 1.82) is 0 Å². The van der Waals surface area contributed by atoms with Gasteiger partial charge in [-0.3, -0.25) is 19.6 Å². The first-order valence-corrected chi connectivity index (χ1v) is 10.9. The van der Waals surface area contributed by atoms with Gasteiger partial charge in [0.25, 0.3) is 5.91 Å². The lowest BCUT2D eigenvalue weighted by Gasteiger charge is -2.25. The van der Waals surface area contributed by atoms with Crippen LogP contribution < -0.4 is 21.0 Å². The molecule has 2 saturated heterocycles. The molecule has 2 aliphatic heterocycles. The molecule has 2 amide bonds. The molecule has 3 N–H and O–H groups in total. The normalized spacial score (nSPS) is 19.0. The van der Waals surface area contributed by atoms with E-state index < -0.39 is 23.8 Å². The molecule has 0 unspecified atom stereocenters. The molecule has 184 valence electrons. The van der Waals surface area contributed by atoms with E-state index in [1.807, 2.05) is 4.90 Å². The number of carbonyl (C=O) groups is 2. The van der Waals surface area contributed by atoms with Crippen molar-refractivity contribution in [2.75, 3.05) is 62.7 Å². The Morgan fingerprint density at radius 1 is 1.29 bits per heavy atom. The smallest absolute Gasteiger partial charge is 0.414 e. The summed E-state index contributed by atoms with van der Waals surface area (Å²) < 4.78 is 39.8. The summed E-state index contributed by atoms with van der Waals surface area (Å²) in [5.74, 6) is -1.77. The summed E-state index contributed by atoms with van der Waals surface area (Å²) in [4.78, 5) is 29.2. The van der Waals surface area contributed by atoms with Gasteiger partial charge in [0.1, 0.15) is 18.1 Å². The Kier molecular flexibility index (Phi) is 7.24. The second kappa shape index (κ2) is 10.3. The van der Waals surface area contributed by atoms with Crippen LogP contribution in [0.1, 0.15) is 5.56 Å². The van der Waals surface area contributed by atoms with Crippen LogP contribution in [0.25, 0.3) is 0 Å². The summed E-state index contributed by atoms with van der Waals surface area (Å²) in [5.41, 5.74) is 9.25. The number of ether oxygens (including phenoxy) is 1. The Hall–Kier alpha value is -3.29. The average Bonchev–Trinajstić information content (AvgIpc) is 3.36. The van der Waals surface area contributed by atoms with Crippen molar-refractivity contribution in [2.45, 2.75) is 12.6 Å².